The number of furan rings is 1. The monoisotopic (exact) mass is 278 g/mol. The van der Waals surface area contributed by atoms with Crippen LogP contribution in [-0.2, 0) is 4.79 Å². The van der Waals surface area contributed by atoms with Crippen molar-refractivity contribution in [1.29, 1.82) is 0 Å². The minimum Gasteiger partial charge on any atom is -0.446 e. The summed E-state index contributed by atoms with van der Waals surface area (Å²) in [6, 6.07) is 12.0. The van der Waals surface area contributed by atoms with Crippen molar-refractivity contribution in [2.24, 2.45) is 9.98 Å². The normalized spacial score (nSPS) is 24.0. The molecule has 4 nitrogen and oxygen atoms in total. The van der Waals surface area contributed by atoms with Crippen LogP contribution >= 0.6 is 0 Å². The molecule has 2 aromatic rings. The first-order chi connectivity index (χ1) is 10.2. The second-order valence-corrected chi connectivity index (χ2v) is 5.48. The third-order valence-corrected chi connectivity index (χ3v) is 3.95. The van der Waals surface area contributed by atoms with Crippen LogP contribution in [-0.4, -0.2) is 23.2 Å². The Balaban J connectivity index is 1.96. The van der Waals surface area contributed by atoms with Crippen LogP contribution in [0.15, 0.2) is 57.1 Å². The van der Waals surface area contributed by atoms with E-state index in [1.807, 2.05) is 31.2 Å². The number of rotatable bonds is 1. The molecule has 3 heterocycles. The van der Waals surface area contributed by atoms with Gasteiger partial charge in [-0.05, 0) is 18.6 Å². The van der Waals surface area contributed by atoms with Gasteiger partial charge in [0.05, 0.1) is 23.9 Å². The van der Waals surface area contributed by atoms with Gasteiger partial charge in [-0.15, -0.1) is 0 Å². The lowest BCUT2D eigenvalue weighted by Gasteiger charge is -2.28. The van der Waals surface area contributed by atoms with Crippen LogP contribution in [0.5, 0.6) is 0 Å². The molecule has 4 rings (SSSR count). The smallest absolute Gasteiger partial charge is 0.223 e. The van der Waals surface area contributed by atoms with E-state index in [-0.39, 0.29) is 17.7 Å². The third-order valence-electron chi connectivity index (χ3n) is 3.95. The summed E-state index contributed by atoms with van der Waals surface area (Å²) >= 11 is 0. The van der Waals surface area contributed by atoms with Gasteiger partial charge < -0.3 is 4.42 Å². The number of aliphatic imine (C=N–C) groups is 2. The highest BCUT2D eigenvalue weighted by Crippen LogP contribution is 2.39. The highest BCUT2D eigenvalue weighted by molar-refractivity contribution is 6.70. The lowest BCUT2D eigenvalue weighted by Crippen LogP contribution is -2.38. The Kier molecular flexibility index (Phi) is 2.64. The van der Waals surface area contributed by atoms with E-state index in [4.69, 9.17) is 9.41 Å². The Hall–Kier alpha value is -2.49. The van der Waals surface area contributed by atoms with E-state index in [9.17, 15) is 4.79 Å². The zero-order chi connectivity index (χ0) is 14.4. The van der Waals surface area contributed by atoms with E-state index in [1.165, 1.54) is 0 Å². The van der Waals surface area contributed by atoms with Crippen molar-refractivity contribution in [2.75, 3.05) is 0 Å². The molecule has 0 N–H and O–H groups in total. The molecule has 0 fully saturated rings. The van der Waals surface area contributed by atoms with E-state index in [2.05, 4.69) is 17.1 Å². The topological polar surface area (TPSA) is 54.9 Å². The largest absolute Gasteiger partial charge is 0.446 e. The van der Waals surface area contributed by atoms with E-state index in [1.54, 1.807) is 6.26 Å². The summed E-state index contributed by atoms with van der Waals surface area (Å²) in [6.45, 7) is 1.97. The third kappa shape index (κ3) is 1.87. The molecule has 0 aliphatic carbocycles. The highest BCUT2D eigenvalue weighted by atomic mass is 16.3. The molecule has 0 bridgehead atoms. The Morgan fingerprint density at radius 3 is 2.81 bits per heavy atom. The molecule has 0 saturated carbocycles. The summed E-state index contributed by atoms with van der Waals surface area (Å²) in [5.74, 6) is 0.510. The second kappa shape index (κ2) is 4.52. The maximum atomic E-state index is 12.3. The SMILES string of the molecule is CC1CC(=O)C2=Nc3occc3C(c3ccccc3)C2=N1. The molecule has 21 heavy (non-hydrogen) atoms. The summed E-state index contributed by atoms with van der Waals surface area (Å²) in [4.78, 5) is 21.4. The van der Waals surface area contributed by atoms with Gasteiger partial charge in [0, 0.05) is 12.0 Å². The fraction of sp³-hybridized carbons (Fsp3) is 0.235. The zero-order valence-corrected chi connectivity index (χ0v) is 11.6. The summed E-state index contributed by atoms with van der Waals surface area (Å²) in [5.41, 5.74) is 3.32. The second-order valence-electron chi connectivity index (χ2n) is 5.48. The Labute approximate surface area is 122 Å². The van der Waals surface area contributed by atoms with Gasteiger partial charge in [0.2, 0.25) is 5.88 Å². The van der Waals surface area contributed by atoms with Gasteiger partial charge >= 0.3 is 0 Å². The molecular formula is C17H14N2O2. The Morgan fingerprint density at radius 2 is 2.00 bits per heavy atom. The van der Waals surface area contributed by atoms with Gasteiger partial charge in [0.1, 0.15) is 5.71 Å². The number of benzene rings is 1. The summed E-state index contributed by atoms with van der Waals surface area (Å²) in [6.07, 6.45) is 2.04. The standard InChI is InChI=1S/C17H14N2O2/c1-10-9-13(20)15-16(18-10)14(11-5-3-2-4-6-11)12-7-8-21-17(12)19-15/h2-8,10,14H,9H2,1H3. The molecule has 2 aliphatic rings. The molecular weight excluding hydrogens is 264 g/mol. The lowest BCUT2D eigenvalue weighted by atomic mass is 9.81. The predicted octanol–water partition coefficient (Wildman–Crippen LogP) is 3.30. The zero-order valence-electron chi connectivity index (χ0n) is 11.6. The quantitative estimate of drug-likeness (QED) is 0.803. The van der Waals surface area contributed by atoms with Gasteiger partial charge in [-0.2, -0.15) is 0 Å². The predicted molar refractivity (Wildman–Crippen MR) is 80.6 cm³/mol. The first-order valence-electron chi connectivity index (χ1n) is 7.06. The molecule has 2 atom stereocenters. The van der Waals surface area contributed by atoms with Crippen molar-refractivity contribution in [3.8, 4) is 0 Å². The number of ketones is 1. The van der Waals surface area contributed by atoms with E-state index < -0.39 is 0 Å². The van der Waals surface area contributed by atoms with Crippen LogP contribution in [0, 0.1) is 0 Å². The average Bonchev–Trinajstić information content (AvgIpc) is 2.94. The van der Waals surface area contributed by atoms with E-state index >= 15 is 0 Å². The van der Waals surface area contributed by atoms with Crippen molar-refractivity contribution in [3.63, 3.8) is 0 Å². The maximum absolute atomic E-state index is 12.3. The first-order valence-corrected chi connectivity index (χ1v) is 7.06. The van der Waals surface area contributed by atoms with Crippen molar-refractivity contribution < 1.29 is 9.21 Å². The van der Waals surface area contributed by atoms with Crippen LogP contribution in [0.1, 0.15) is 30.4 Å². The van der Waals surface area contributed by atoms with Crippen LogP contribution < -0.4 is 0 Å². The van der Waals surface area contributed by atoms with Gasteiger partial charge in [-0.3, -0.25) is 9.79 Å². The Morgan fingerprint density at radius 1 is 1.19 bits per heavy atom. The molecule has 0 spiro atoms. The fourth-order valence-corrected chi connectivity index (χ4v) is 3.04. The molecule has 1 aromatic carbocycles. The molecule has 0 saturated heterocycles. The lowest BCUT2D eigenvalue weighted by molar-refractivity contribution is -0.113. The molecule has 104 valence electrons. The van der Waals surface area contributed by atoms with Crippen molar-refractivity contribution in [2.45, 2.75) is 25.3 Å². The maximum Gasteiger partial charge on any atom is 0.223 e. The van der Waals surface area contributed by atoms with Crippen LogP contribution in [0.3, 0.4) is 0 Å². The number of Topliss-reactive ketones (excluding diaryl/α,β-unsaturated/α-hetero) is 1. The van der Waals surface area contributed by atoms with E-state index in [0.717, 1.165) is 16.8 Å². The van der Waals surface area contributed by atoms with Crippen molar-refractivity contribution in [3.05, 3.63) is 53.8 Å². The number of carbonyl (C=O) groups excluding carboxylic acids is 1. The number of nitrogens with zero attached hydrogens (tertiary/aromatic N) is 2. The Bertz CT molecular complexity index is 771. The van der Waals surface area contributed by atoms with Gasteiger partial charge in [0.25, 0.3) is 0 Å². The molecule has 0 amide bonds. The van der Waals surface area contributed by atoms with Crippen molar-refractivity contribution in [1.82, 2.24) is 0 Å². The van der Waals surface area contributed by atoms with Crippen LogP contribution in [0.4, 0.5) is 5.88 Å². The van der Waals surface area contributed by atoms with E-state index in [0.29, 0.717) is 18.0 Å². The molecule has 1 aromatic heterocycles. The fourth-order valence-electron chi connectivity index (χ4n) is 3.04. The molecule has 0 radical (unpaired) electrons. The minimum atomic E-state index is -0.0702. The summed E-state index contributed by atoms with van der Waals surface area (Å²) in [5, 5.41) is 0. The van der Waals surface area contributed by atoms with Crippen LogP contribution in [0.25, 0.3) is 0 Å². The number of hydrogen-bond donors (Lipinski definition) is 0. The first kappa shape index (κ1) is 12.3. The van der Waals surface area contributed by atoms with Gasteiger partial charge in [-0.25, -0.2) is 4.99 Å². The van der Waals surface area contributed by atoms with Gasteiger partial charge in [0.15, 0.2) is 5.78 Å². The summed E-state index contributed by atoms with van der Waals surface area (Å²) in [7, 11) is 0. The minimum absolute atomic E-state index is 0.00566. The van der Waals surface area contributed by atoms with Gasteiger partial charge in [-0.1, -0.05) is 30.3 Å². The molecule has 2 unspecified atom stereocenters. The van der Waals surface area contributed by atoms with Crippen molar-refractivity contribution >= 4 is 23.1 Å². The number of fused-ring (bicyclic) bond motifs is 2. The number of hydrogen-bond acceptors (Lipinski definition) is 4. The molecule has 4 heteroatoms. The van der Waals surface area contributed by atoms with Crippen LogP contribution in [0.2, 0.25) is 0 Å². The summed E-state index contributed by atoms with van der Waals surface area (Å²) < 4.78 is 5.44. The highest BCUT2D eigenvalue weighted by Gasteiger charge is 2.38. The molecule has 2 aliphatic heterocycles. The number of carbonyl (C=O) groups is 1. The average molecular weight is 278 g/mol.